The number of aromatic amines is 1. The number of piperazine rings is 1. The maximum atomic E-state index is 14.0. The molecule has 3 unspecified atom stereocenters. The number of hydrogen-bond acceptors (Lipinski definition) is 5. The molecule has 0 aliphatic carbocycles. The highest BCUT2D eigenvalue weighted by atomic mass is 19.4. The Labute approximate surface area is 213 Å². The molecule has 10 heteroatoms. The second kappa shape index (κ2) is 10.2. The van der Waals surface area contributed by atoms with E-state index >= 15 is 0 Å². The number of aromatic nitrogens is 2. The minimum atomic E-state index is -4.62. The summed E-state index contributed by atoms with van der Waals surface area (Å²) in [7, 11) is 2.05. The van der Waals surface area contributed by atoms with Gasteiger partial charge in [0.1, 0.15) is 5.82 Å². The number of halogens is 3. The molecule has 7 nitrogen and oxygen atoms in total. The normalized spacial score (nSPS) is 19.7. The molecule has 0 saturated carbocycles. The number of rotatable bonds is 5. The van der Waals surface area contributed by atoms with E-state index in [0.717, 1.165) is 6.07 Å². The average Bonchev–Trinajstić information content (AvgIpc) is 2.84. The van der Waals surface area contributed by atoms with Gasteiger partial charge in [-0.15, -0.1) is 0 Å². The fourth-order valence-electron chi connectivity index (χ4n) is 4.92. The zero-order chi connectivity index (χ0) is 27.1. The van der Waals surface area contributed by atoms with Crippen molar-refractivity contribution in [3.8, 4) is 0 Å². The molecule has 1 aromatic heterocycles. The number of aryl methyl sites for hydroxylation is 1. The first-order valence-corrected chi connectivity index (χ1v) is 12.4. The quantitative estimate of drug-likeness (QED) is 0.501. The standard InChI is InChI=1S/C27H32F3N5O2/c1-6-23(20-11-21-24(12-22(20)27(28,29)30)31-17(4)32-25(21)36)33-19-9-7-18(8-10-19)26(37)35-13-15(2)34(5)16(3)14-35/h7-12,15-16,23,33H,6,13-14H2,1-5H3,(H,31,32,36). The Balaban J connectivity index is 1.61. The topological polar surface area (TPSA) is 81.3 Å². The third-order valence-electron chi connectivity index (χ3n) is 7.20. The largest absolute Gasteiger partial charge is 0.416 e. The number of anilines is 1. The Kier molecular flexibility index (Phi) is 7.32. The molecule has 3 aromatic rings. The molecule has 1 fully saturated rings. The highest BCUT2D eigenvalue weighted by Gasteiger charge is 2.36. The van der Waals surface area contributed by atoms with Gasteiger partial charge in [-0.1, -0.05) is 6.92 Å². The van der Waals surface area contributed by atoms with E-state index in [9.17, 15) is 22.8 Å². The van der Waals surface area contributed by atoms with Crippen LogP contribution in [0.3, 0.4) is 0 Å². The molecule has 2 aromatic carbocycles. The van der Waals surface area contributed by atoms with Gasteiger partial charge in [0, 0.05) is 36.4 Å². The van der Waals surface area contributed by atoms with Gasteiger partial charge < -0.3 is 15.2 Å². The zero-order valence-corrected chi connectivity index (χ0v) is 21.6. The number of carbonyl (C=O) groups is 1. The van der Waals surface area contributed by atoms with Crippen LogP contribution < -0.4 is 10.9 Å². The Morgan fingerprint density at radius 2 is 1.78 bits per heavy atom. The SMILES string of the molecule is CCC(Nc1ccc(C(=O)N2CC(C)N(C)C(C)C2)cc1)c1cc2c(=O)[nH]c(C)nc2cc1C(F)(F)F. The van der Waals surface area contributed by atoms with Gasteiger partial charge in [-0.2, -0.15) is 13.2 Å². The van der Waals surface area contributed by atoms with Crippen molar-refractivity contribution in [1.82, 2.24) is 19.8 Å². The number of H-pyrrole nitrogens is 1. The molecule has 0 radical (unpaired) electrons. The van der Waals surface area contributed by atoms with Crippen LogP contribution in [0.1, 0.15) is 60.5 Å². The van der Waals surface area contributed by atoms with Gasteiger partial charge in [0.05, 0.1) is 22.5 Å². The van der Waals surface area contributed by atoms with E-state index in [0.29, 0.717) is 30.8 Å². The van der Waals surface area contributed by atoms with Crippen molar-refractivity contribution in [1.29, 1.82) is 0 Å². The molecule has 1 aliphatic rings. The number of alkyl halides is 3. The average molecular weight is 516 g/mol. The molecule has 1 amide bonds. The molecular weight excluding hydrogens is 483 g/mol. The van der Waals surface area contributed by atoms with E-state index in [-0.39, 0.29) is 40.3 Å². The zero-order valence-electron chi connectivity index (χ0n) is 21.6. The number of carbonyl (C=O) groups excluding carboxylic acids is 1. The lowest BCUT2D eigenvalue weighted by Gasteiger charge is -2.42. The second-order valence-electron chi connectivity index (χ2n) is 9.86. The maximum Gasteiger partial charge on any atom is 0.416 e. The second-order valence-corrected chi connectivity index (χ2v) is 9.86. The first kappa shape index (κ1) is 26.7. The Morgan fingerprint density at radius 1 is 1.16 bits per heavy atom. The first-order chi connectivity index (χ1) is 17.4. The van der Waals surface area contributed by atoms with Crippen LogP contribution in [0.15, 0.2) is 41.2 Å². The number of amides is 1. The molecule has 2 heterocycles. The lowest BCUT2D eigenvalue weighted by molar-refractivity contribution is -0.138. The lowest BCUT2D eigenvalue weighted by Crippen LogP contribution is -2.56. The smallest absolute Gasteiger partial charge is 0.378 e. The predicted octanol–water partition coefficient (Wildman–Crippen LogP) is 4.98. The van der Waals surface area contributed by atoms with Gasteiger partial charge in [0.25, 0.3) is 11.5 Å². The van der Waals surface area contributed by atoms with Crippen molar-refractivity contribution >= 4 is 22.5 Å². The number of nitrogens with zero attached hydrogens (tertiary/aromatic N) is 3. The number of fused-ring (bicyclic) bond motifs is 1. The van der Waals surface area contributed by atoms with Crippen molar-refractivity contribution in [3.05, 3.63) is 69.3 Å². The van der Waals surface area contributed by atoms with Crippen LogP contribution in [0.25, 0.3) is 10.9 Å². The van der Waals surface area contributed by atoms with Gasteiger partial charge in [0.2, 0.25) is 0 Å². The van der Waals surface area contributed by atoms with Crippen molar-refractivity contribution < 1.29 is 18.0 Å². The molecule has 3 atom stereocenters. The van der Waals surface area contributed by atoms with E-state index < -0.39 is 23.3 Å². The molecular formula is C27H32F3N5O2. The van der Waals surface area contributed by atoms with Crippen LogP contribution >= 0.6 is 0 Å². The van der Waals surface area contributed by atoms with Crippen molar-refractivity contribution in [2.45, 2.75) is 58.4 Å². The molecule has 0 bridgehead atoms. The number of benzene rings is 2. The summed E-state index contributed by atoms with van der Waals surface area (Å²) >= 11 is 0. The molecule has 198 valence electrons. The number of likely N-dealkylation sites (N-methyl/N-ethyl adjacent to an activating group) is 1. The lowest BCUT2D eigenvalue weighted by atomic mass is 9.95. The van der Waals surface area contributed by atoms with Crippen LogP contribution in [0.2, 0.25) is 0 Å². The van der Waals surface area contributed by atoms with Crippen molar-refractivity contribution in [2.75, 3.05) is 25.5 Å². The molecule has 0 spiro atoms. The summed E-state index contributed by atoms with van der Waals surface area (Å²) in [4.78, 5) is 36.2. The maximum absolute atomic E-state index is 14.0. The summed E-state index contributed by atoms with van der Waals surface area (Å²) < 4.78 is 42.1. The summed E-state index contributed by atoms with van der Waals surface area (Å²) in [6.45, 7) is 8.73. The van der Waals surface area contributed by atoms with E-state index in [2.05, 4.69) is 41.1 Å². The Bertz CT molecular complexity index is 1340. The third kappa shape index (κ3) is 5.49. The molecule has 37 heavy (non-hydrogen) atoms. The predicted molar refractivity (Wildman–Crippen MR) is 138 cm³/mol. The monoisotopic (exact) mass is 515 g/mol. The van der Waals surface area contributed by atoms with Crippen LogP contribution in [-0.2, 0) is 6.18 Å². The van der Waals surface area contributed by atoms with Gasteiger partial charge in [-0.3, -0.25) is 14.5 Å². The van der Waals surface area contributed by atoms with Gasteiger partial charge >= 0.3 is 6.18 Å². The highest BCUT2D eigenvalue weighted by Crippen LogP contribution is 2.38. The highest BCUT2D eigenvalue weighted by molar-refractivity contribution is 5.94. The fourth-order valence-corrected chi connectivity index (χ4v) is 4.92. The van der Waals surface area contributed by atoms with Crippen LogP contribution in [0.4, 0.5) is 18.9 Å². The van der Waals surface area contributed by atoms with E-state index in [1.165, 1.54) is 13.0 Å². The summed E-state index contributed by atoms with van der Waals surface area (Å²) in [5.74, 6) is 0.181. The van der Waals surface area contributed by atoms with Gasteiger partial charge in [-0.05, 0) is 76.2 Å². The first-order valence-electron chi connectivity index (χ1n) is 12.4. The minimum absolute atomic E-state index is 0.00239. The third-order valence-corrected chi connectivity index (χ3v) is 7.20. The van der Waals surface area contributed by atoms with Gasteiger partial charge in [-0.25, -0.2) is 4.98 Å². The van der Waals surface area contributed by atoms with E-state index in [1.54, 1.807) is 31.2 Å². The molecule has 2 N–H and O–H groups in total. The van der Waals surface area contributed by atoms with Gasteiger partial charge in [0.15, 0.2) is 0 Å². The fraction of sp³-hybridized carbons (Fsp3) is 0.444. The summed E-state index contributed by atoms with van der Waals surface area (Å²) in [6, 6.07) is 8.76. The van der Waals surface area contributed by atoms with Crippen molar-refractivity contribution in [3.63, 3.8) is 0 Å². The van der Waals surface area contributed by atoms with E-state index in [1.807, 2.05) is 4.90 Å². The summed E-state index contributed by atoms with van der Waals surface area (Å²) in [5.41, 5.74) is -0.239. The number of nitrogens with one attached hydrogen (secondary N) is 2. The Morgan fingerprint density at radius 3 is 2.35 bits per heavy atom. The van der Waals surface area contributed by atoms with Crippen LogP contribution in [-0.4, -0.2) is 57.9 Å². The van der Waals surface area contributed by atoms with Crippen LogP contribution in [0, 0.1) is 6.92 Å². The molecule has 4 rings (SSSR count). The number of hydrogen-bond donors (Lipinski definition) is 2. The molecule has 1 aliphatic heterocycles. The minimum Gasteiger partial charge on any atom is -0.378 e. The van der Waals surface area contributed by atoms with Crippen molar-refractivity contribution in [2.24, 2.45) is 0 Å². The summed E-state index contributed by atoms with van der Waals surface area (Å²) in [5, 5.41) is 3.26. The van der Waals surface area contributed by atoms with Crippen LogP contribution in [0.5, 0.6) is 0 Å². The summed E-state index contributed by atoms with van der Waals surface area (Å²) in [6.07, 6.45) is -4.28. The van der Waals surface area contributed by atoms with E-state index in [4.69, 9.17) is 0 Å². The molecule has 1 saturated heterocycles. The Hall–Kier alpha value is -3.40.